The molecular formula is C15H32O2. The third-order valence-electron chi connectivity index (χ3n) is 3.52. The number of aliphatic hydroxyl groups is 2. The summed E-state index contributed by atoms with van der Waals surface area (Å²) < 4.78 is 0. The van der Waals surface area contributed by atoms with E-state index in [1.54, 1.807) is 0 Å². The Labute approximate surface area is 107 Å². The van der Waals surface area contributed by atoms with Crippen LogP contribution >= 0.6 is 0 Å². The second kappa shape index (κ2) is 11.0. The van der Waals surface area contributed by atoms with Crippen molar-refractivity contribution in [3.05, 3.63) is 0 Å². The fraction of sp³-hybridized carbons (Fsp3) is 1.00. The fourth-order valence-electron chi connectivity index (χ4n) is 2.26. The summed E-state index contributed by atoms with van der Waals surface area (Å²) in [6, 6.07) is 0. The van der Waals surface area contributed by atoms with Gasteiger partial charge in [-0.3, -0.25) is 0 Å². The SMILES string of the molecule is CC(C)(CCCCCCO)CCCCCCO. The molecule has 0 spiro atoms. The molecule has 0 aromatic carbocycles. The molecule has 2 heteroatoms. The minimum Gasteiger partial charge on any atom is -0.396 e. The van der Waals surface area contributed by atoms with Crippen LogP contribution in [0.25, 0.3) is 0 Å². The van der Waals surface area contributed by atoms with Crippen LogP contribution < -0.4 is 0 Å². The second-order valence-electron chi connectivity index (χ2n) is 5.94. The second-order valence-corrected chi connectivity index (χ2v) is 5.94. The van der Waals surface area contributed by atoms with Gasteiger partial charge in [-0.25, -0.2) is 0 Å². The van der Waals surface area contributed by atoms with Gasteiger partial charge in [0.1, 0.15) is 0 Å². The van der Waals surface area contributed by atoms with E-state index in [0.29, 0.717) is 18.6 Å². The highest BCUT2D eigenvalue weighted by atomic mass is 16.3. The average Bonchev–Trinajstić information content (AvgIpc) is 2.28. The van der Waals surface area contributed by atoms with E-state index in [2.05, 4.69) is 13.8 Å². The first-order chi connectivity index (χ1) is 8.12. The molecule has 0 saturated heterocycles. The maximum absolute atomic E-state index is 8.69. The summed E-state index contributed by atoms with van der Waals surface area (Å²) in [7, 11) is 0. The van der Waals surface area contributed by atoms with Gasteiger partial charge in [-0.05, 0) is 31.1 Å². The molecule has 0 aliphatic rings. The minimum atomic E-state index is 0.342. The Morgan fingerprint density at radius 2 is 0.941 bits per heavy atom. The first-order valence-corrected chi connectivity index (χ1v) is 7.34. The molecule has 2 nitrogen and oxygen atoms in total. The lowest BCUT2D eigenvalue weighted by molar-refractivity contribution is 0.262. The Morgan fingerprint density at radius 1 is 0.588 bits per heavy atom. The molecule has 0 aromatic rings. The first-order valence-electron chi connectivity index (χ1n) is 7.34. The molecule has 0 rings (SSSR count). The lowest BCUT2D eigenvalue weighted by atomic mass is 9.82. The summed E-state index contributed by atoms with van der Waals surface area (Å²) in [6.45, 7) is 5.42. The normalized spacial score (nSPS) is 12.0. The zero-order chi connectivity index (χ0) is 13.0. The summed E-state index contributed by atoms with van der Waals surface area (Å²) in [5.74, 6) is 0. The summed E-state index contributed by atoms with van der Waals surface area (Å²) in [6.07, 6.45) is 12.0. The van der Waals surface area contributed by atoms with Crippen LogP contribution in [0.1, 0.15) is 78.1 Å². The fourth-order valence-corrected chi connectivity index (χ4v) is 2.26. The summed E-state index contributed by atoms with van der Waals surface area (Å²) >= 11 is 0. The Kier molecular flexibility index (Phi) is 11.0. The van der Waals surface area contributed by atoms with Crippen molar-refractivity contribution in [2.24, 2.45) is 5.41 Å². The Balaban J connectivity index is 3.38. The topological polar surface area (TPSA) is 40.5 Å². The number of hydrogen-bond acceptors (Lipinski definition) is 2. The van der Waals surface area contributed by atoms with E-state index in [9.17, 15) is 0 Å². The van der Waals surface area contributed by atoms with E-state index < -0.39 is 0 Å². The molecule has 0 amide bonds. The van der Waals surface area contributed by atoms with Crippen LogP contribution in [-0.4, -0.2) is 23.4 Å². The first kappa shape index (κ1) is 16.9. The monoisotopic (exact) mass is 244 g/mol. The summed E-state index contributed by atoms with van der Waals surface area (Å²) in [4.78, 5) is 0. The predicted octanol–water partition coefficient (Wildman–Crippen LogP) is 3.90. The number of rotatable bonds is 12. The Hall–Kier alpha value is -0.0800. The molecule has 17 heavy (non-hydrogen) atoms. The maximum atomic E-state index is 8.69. The largest absolute Gasteiger partial charge is 0.396 e. The molecule has 0 aliphatic carbocycles. The Morgan fingerprint density at radius 3 is 1.29 bits per heavy atom. The van der Waals surface area contributed by atoms with Gasteiger partial charge in [0, 0.05) is 13.2 Å². The summed E-state index contributed by atoms with van der Waals surface area (Å²) in [5, 5.41) is 17.4. The predicted molar refractivity (Wildman–Crippen MR) is 74.1 cm³/mol. The standard InChI is InChI=1S/C15H32O2/c1-15(2,11-7-3-5-9-13-16)12-8-4-6-10-14-17/h16-17H,3-14H2,1-2H3. The molecule has 0 fully saturated rings. The van der Waals surface area contributed by atoms with Crippen molar-refractivity contribution in [2.45, 2.75) is 78.1 Å². The van der Waals surface area contributed by atoms with Crippen LogP contribution in [0.15, 0.2) is 0 Å². The third kappa shape index (κ3) is 12.2. The molecule has 104 valence electrons. The highest BCUT2D eigenvalue weighted by Crippen LogP contribution is 2.30. The molecule has 0 aliphatic heterocycles. The highest BCUT2D eigenvalue weighted by molar-refractivity contribution is 4.68. The van der Waals surface area contributed by atoms with Crippen LogP contribution in [0.3, 0.4) is 0 Å². The molecular weight excluding hydrogens is 212 g/mol. The van der Waals surface area contributed by atoms with E-state index in [1.165, 1.54) is 51.4 Å². The van der Waals surface area contributed by atoms with Gasteiger partial charge in [0.05, 0.1) is 0 Å². The Bertz CT molecular complexity index is 139. The van der Waals surface area contributed by atoms with Crippen molar-refractivity contribution in [1.29, 1.82) is 0 Å². The quantitative estimate of drug-likeness (QED) is 0.511. The van der Waals surface area contributed by atoms with Crippen molar-refractivity contribution in [3.63, 3.8) is 0 Å². The molecule has 0 radical (unpaired) electrons. The van der Waals surface area contributed by atoms with Gasteiger partial charge in [-0.15, -0.1) is 0 Å². The summed E-state index contributed by atoms with van der Waals surface area (Å²) in [5.41, 5.74) is 0.471. The smallest absolute Gasteiger partial charge is 0.0431 e. The van der Waals surface area contributed by atoms with Crippen LogP contribution in [0.5, 0.6) is 0 Å². The van der Waals surface area contributed by atoms with E-state index in [0.717, 1.165) is 12.8 Å². The molecule has 0 heterocycles. The third-order valence-corrected chi connectivity index (χ3v) is 3.52. The number of hydrogen-bond donors (Lipinski definition) is 2. The van der Waals surface area contributed by atoms with E-state index >= 15 is 0 Å². The van der Waals surface area contributed by atoms with Crippen molar-refractivity contribution in [1.82, 2.24) is 0 Å². The minimum absolute atomic E-state index is 0.342. The molecule has 0 bridgehead atoms. The molecule has 0 atom stereocenters. The zero-order valence-electron chi connectivity index (χ0n) is 11.9. The van der Waals surface area contributed by atoms with Gasteiger partial charge < -0.3 is 10.2 Å². The molecule has 0 saturated carbocycles. The van der Waals surface area contributed by atoms with E-state index in [4.69, 9.17) is 10.2 Å². The van der Waals surface area contributed by atoms with Gasteiger partial charge >= 0.3 is 0 Å². The van der Waals surface area contributed by atoms with Crippen molar-refractivity contribution >= 4 is 0 Å². The van der Waals surface area contributed by atoms with Gasteiger partial charge in [-0.1, -0.05) is 52.4 Å². The average molecular weight is 244 g/mol. The lowest BCUT2D eigenvalue weighted by Crippen LogP contribution is -2.11. The van der Waals surface area contributed by atoms with Crippen LogP contribution in [0.4, 0.5) is 0 Å². The number of aliphatic hydroxyl groups excluding tert-OH is 2. The van der Waals surface area contributed by atoms with Crippen molar-refractivity contribution in [3.8, 4) is 0 Å². The zero-order valence-corrected chi connectivity index (χ0v) is 11.9. The molecule has 2 N–H and O–H groups in total. The van der Waals surface area contributed by atoms with Gasteiger partial charge in [0.2, 0.25) is 0 Å². The maximum Gasteiger partial charge on any atom is 0.0431 e. The van der Waals surface area contributed by atoms with E-state index in [-0.39, 0.29) is 0 Å². The van der Waals surface area contributed by atoms with Crippen molar-refractivity contribution < 1.29 is 10.2 Å². The molecule has 0 unspecified atom stereocenters. The van der Waals surface area contributed by atoms with Gasteiger partial charge in [-0.2, -0.15) is 0 Å². The van der Waals surface area contributed by atoms with Crippen LogP contribution in [0.2, 0.25) is 0 Å². The lowest BCUT2D eigenvalue weighted by Gasteiger charge is -2.24. The molecule has 0 aromatic heterocycles. The highest BCUT2D eigenvalue weighted by Gasteiger charge is 2.16. The van der Waals surface area contributed by atoms with Crippen LogP contribution in [-0.2, 0) is 0 Å². The van der Waals surface area contributed by atoms with Gasteiger partial charge in [0.25, 0.3) is 0 Å². The number of unbranched alkanes of at least 4 members (excludes halogenated alkanes) is 6. The van der Waals surface area contributed by atoms with E-state index in [1.807, 2.05) is 0 Å². The van der Waals surface area contributed by atoms with Crippen molar-refractivity contribution in [2.75, 3.05) is 13.2 Å². The van der Waals surface area contributed by atoms with Crippen LogP contribution in [0, 0.1) is 5.41 Å². The van der Waals surface area contributed by atoms with Gasteiger partial charge in [0.15, 0.2) is 0 Å².